The summed E-state index contributed by atoms with van der Waals surface area (Å²) in [6.07, 6.45) is 8.61. The Morgan fingerprint density at radius 2 is 2.13 bits per heavy atom. The van der Waals surface area contributed by atoms with Crippen LogP contribution in [0, 0.1) is 6.92 Å². The first-order valence-electron chi connectivity index (χ1n) is 12.5. The lowest BCUT2D eigenvalue weighted by Gasteiger charge is -2.28. The van der Waals surface area contributed by atoms with E-state index in [9.17, 15) is 8.42 Å². The van der Waals surface area contributed by atoms with Crippen molar-refractivity contribution in [2.24, 2.45) is 0 Å². The summed E-state index contributed by atoms with van der Waals surface area (Å²) in [6.45, 7) is 10.1. The van der Waals surface area contributed by atoms with Gasteiger partial charge in [0, 0.05) is 47.9 Å². The second kappa shape index (κ2) is 11.4. The van der Waals surface area contributed by atoms with Gasteiger partial charge in [-0.15, -0.1) is 11.3 Å². The van der Waals surface area contributed by atoms with Gasteiger partial charge >= 0.3 is 0 Å². The van der Waals surface area contributed by atoms with Crippen LogP contribution in [0.5, 0.6) is 0 Å². The minimum atomic E-state index is -3.73. The molecule has 4 aromatic rings. The molecule has 1 saturated heterocycles. The summed E-state index contributed by atoms with van der Waals surface area (Å²) in [4.78, 5) is 20.9. The normalized spacial score (nSPS) is 15.2. The van der Waals surface area contributed by atoms with E-state index in [1.54, 1.807) is 23.6 Å². The van der Waals surface area contributed by atoms with Crippen LogP contribution in [0.1, 0.15) is 17.4 Å². The highest BCUT2D eigenvalue weighted by atomic mass is 32.2. The lowest BCUT2D eigenvalue weighted by atomic mass is 10.1. The number of hydrogen-bond acceptors (Lipinski definition) is 9. The Balaban J connectivity index is 1.54. The predicted octanol–water partition coefficient (Wildman–Crippen LogP) is 3.76. The molecule has 4 aromatic heterocycles. The molecular formula is C27H30N6O4S2. The Kier molecular flexibility index (Phi) is 7.91. The molecule has 3 N–H and O–H groups in total. The fourth-order valence-corrected chi connectivity index (χ4v) is 6.42. The largest absolute Gasteiger partial charge is 0.395 e. The summed E-state index contributed by atoms with van der Waals surface area (Å²) in [5.41, 5.74) is 4.53. The van der Waals surface area contributed by atoms with Crippen LogP contribution in [-0.4, -0.2) is 72.9 Å². The molecule has 0 amide bonds. The first-order valence-corrected chi connectivity index (χ1v) is 14.8. The van der Waals surface area contributed by atoms with E-state index < -0.39 is 10.0 Å². The van der Waals surface area contributed by atoms with Crippen molar-refractivity contribution in [3.63, 3.8) is 0 Å². The van der Waals surface area contributed by atoms with Gasteiger partial charge in [-0.2, -0.15) is 0 Å². The van der Waals surface area contributed by atoms with Crippen LogP contribution in [-0.2, 0) is 14.8 Å². The number of H-pyrrole nitrogens is 1. The third-order valence-electron chi connectivity index (χ3n) is 6.45. The number of nitrogens with zero attached hydrogens (tertiary/aromatic N) is 4. The Labute approximate surface area is 230 Å². The van der Waals surface area contributed by atoms with Gasteiger partial charge in [-0.3, -0.25) is 0 Å². The standard InChI is InChI=1S/C27H30N6O4S2/c1-17(5-4-6-18(2)39(35,36)30-9-12-34)23-19(3)22-24(38-23)27(33-10-13-37-14-11-33)32-26(31-22)21-15-20-7-8-28-25(20)29-16-21/h4-8,15-16,30,34H,2,9-14H2,1,3H3,(H,28,29)/b6-4-,17-5+. The molecule has 1 aliphatic rings. The molecule has 0 aromatic carbocycles. The molecule has 39 heavy (non-hydrogen) atoms. The van der Waals surface area contributed by atoms with Gasteiger partial charge in [-0.25, -0.2) is 28.1 Å². The molecule has 0 bridgehead atoms. The minimum absolute atomic E-state index is 0.0609. The molecule has 204 valence electrons. The monoisotopic (exact) mass is 566 g/mol. The van der Waals surface area contributed by atoms with Gasteiger partial charge in [-0.1, -0.05) is 18.7 Å². The van der Waals surface area contributed by atoms with Crippen LogP contribution in [0.3, 0.4) is 0 Å². The number of aromatic amines is 1. The third-order valence-corrected chi connectivity index (χ3v) is 9.28. The van der Waals surface area contributed by atoms with Crippen LogP contribution < -0.4 is 9.62 Å². The number of anilines is 1. The Bertz CT molecular complexity index is 1700. The van der Waals surface area contributed by atoms with Gasteiger partial charge in [0.05, 0.1) is 34.9 Å². The van der Waals surface area contributed by atoms with Crippen molar-refractivity contribution in [3.05, 3.63) is 64.7 Å². The molecule has 10 nitrogen and oxygen atoms in total. The summed E-state index contributed by atoms with van der Waals surface area (Å²) in [6, 6.07) is 4.02. The average molecular weight is 567 g/mol. The maximum absolute atomic E-state index is 12.2. The first kappa shape index (κ1) is 27.2. The van der Waals surface area contributed by atoms with E-state index in [0.29, 0.717) is 19.0 Å². The van der Waals surface area contributed by atoms with E-state index in [1.807, 2.05) is 38.3 Å². The quantitative estimate of drug-likeness (QED) is 0.261. The number of morpholine rings is 1. The molecule has 5 rings (SSSR count). The summed E-state index contributed by atoms with van der Waals surface area (Å²) >= 11 is 1.62. The molecule has 0 aliphatic carbocycles. The average Bonchev–Trinajstić information content (AvgIpc) is 3.55. The van der Waals surface area contributed by atoms with Gasteiger partial charge < -0.3 is 19.7 Å². The fraction of sp³-hybridized carbons (Fsp3) is 0.296. The zero-order chi connectivity index (χ0) is 27.6. The van der Waals surface area contributed by atoms with Crippen LogP contribution >= 0.6 is 11.3 Å². The highest BCUT2D eigenvalue weighted by Crippen LogP contribution is 2.40. The fourth-order valence-electron chi connectivity index (χ4n) is 4.37. The Morgan fingerprint density at radius 3 is 2.90 bits per heavy atom. The molecule has 5 heterocycles. The number of thiophene rings is 1. The molecule has 0 spiro atoms. The topological polar surface area (TPSA) is 133 Å². The summed E-state index contributed by atoms with van der Waals surface area (Å²) in [5, 5.41) is 9.88. The van der Waals surface area contributed by atoms with Crippen molar-refractivity contribution >= 4 is 54.0 Å². The maximum Gasteiger partial charge on any atom is 0.240 e. The van der Waals surface area contributed by atoms with Crippen LogP contribution in [0.4, 0.5) is 5.82 Å². The van der Waals surface area contributed by atoms with Crippen molar-refractivity contribution in [1.29, 1.82) is 0 Å². The number of nitrogens with one attached hydrogen (secondary N) is 2. The van der Waals surface area contributed by atoms with Gasteiger partial charge in [0.1, 0.15) is 5.65 Å². The van der Waals surface area contributed by atoms with Gasteiger partial charge in [0.15, 0.2) is 11.6 Å². The van der Waals surface area contributed by atoms with E-state index in [1.165, 1.54) is 6.08 Å². The lowest BCUT2D eigenvalue weighted by Crippen LogP contribution is -2.36. The number of allylic oxidation sites excluding steroid dienone is 4. The number of sulfonamides is 1. The van der Waals surface area contributed by atoms with Gasteiger partial charge in [0.2, 0.25) is 10.0 Å². The summed E-state index contributed by atoms with van der Waals surface area (Å²) < 4.78 is 33.2. The van der Waals surface area contributed by atoms with Crippen molar-refractivity contribution in [2.75, 3.05) is 44.4 Å². The Morgan fingerprint density at radius 1 is 1.33 bits per heavy atom. The van der Waals surface area contributed by atoms with Crippen LogP contribution in [0.15, 0.2) is 54.2 Å². The molecule has 0 saturated carbocycles. The lowest BCUT2D eigenvalue weighted by molar-refractivity contribution is 0.122. The highest BCUT2D eigenvalue weighted by molar-refractivity contribution is 7.93. The van der Waals surface area contributed by atoms with Crippen molar-refractivity contribution in [3.8, 4) is 11.4 Å². The second-order valence-corrected chi connectivity index (χ2v) is 12.0. The first-order chi connectivity index (χ1) is 18.8. The number of ether oxygens (including phenoxy) is 1. The number of aromatic nitrogens is 4. The smallest absolute Gasteiger partial charge is 0.240 e. The molecule has 0 radical (unpaired) electrons. The van der Waals surface area contributed by atoms with E-state index in [-0.39, 0.29) is 18.1 Å². The molecule has 0 unspecified atom stereocenters. The van der Waals surface area contributed by atoms with Crippen molar-refractivity contribution in [2.45, 2.75) is 13.8 Å². The molecular weight excluding hydrogens is 536 g/mol. The Hall–Kier alpha value is -3.42. The van der Waals surface area contributed by atoms with Crippen molar-refractivity contribution in [1.82, 2.24) is 24.7 Å². The summed E-state index contributed by atoms with van der Waals surface area (Å²) in [7, 11) is -3.73. The van der Waals surface area contributed by atoms with Crippen LogP contribution in [0.2, 0.25) is 0 Å². The third kappa shape index (κ3) is 5.65. The van der Waals surface area contributed by atoms with E-state index in [0.717, 1.165) is 61.7 Å². The van der Waals surface area contributed by atoms with Crippen LogP contribution in [0.25, 0.3) is 38.2 Å². The molecule has 1 aliphatic heterocycles. The number of hydrogen-bond donors (Lipinski definition) is 3. The van der Waals surface area contributed by atoms with E-state index in [2.05, 4.69) is 26.2 Å². The van der Waals surface area contributed by atoms with Crippen molar-refractivity contribution < 1.29 is 18.3 Å². The SMILES string of the molecule is C=C(/C=C\C=C(/C)c1sc2c(N3CCOCC3)nc(-c3cnc4[nH]ccc4c3)nc2c1C)S(=O)(=O)NCCO. The summed E-state index contributed by atoms with van der Waals surface area (Å²) in [5.74, 6) is 1.50. The van der Waals surface area contributed by atoms with Gasteiger partial charge in [0.25, 0.3) is 0 Å². The number of aryl methyl sites for hydroxylation is 1. The zero-order valence-electron chi connectivity index (χ0n) is 21.8. The number of fused-ring (bicyclic) bond motifs is 2. The number of rotatable bonds is 9. The van der Waals surface area contributed by atoms with E-state index >= 15 is 0 Å². The highest BCUT2D eigenvalue weighted by Gasteiger charge is 2.23. The molecule has 0 atom stereocenters. The van der Waals surface area contributed by atoms with E-state index in [4.69, 9.17) is 19.8 Å². The molecule has 12 heteroatoms. The number of aliphatic hydroxyl groups is 1. The number of aliphatic hydroxyl groups excluding tert-OH is 1. The second-order valence-electron chi connectivity index (χ2n) is 9.14. The number of pyridine rings is 1. The maximum atomic E-state index is 12.2. The molecule has 1 fully saturated rings. The van der Waals surface area contributed by atoms with Gasteiger partial charge in [-0.05, 0) is 43.2 Å². The minimum Gasteiger partial charge on any atom is -0.395 e. The predicted molar refractivity (Wildman–Crippen MR) is 156 cm³/mol. The zero-order valence-corrected chi connectivity index (χ0v) is 23.4.